The average molecular weight is 798 g/mol. The highest BCUT2D eigenvalue weighted by Gasteiger charge is 2.36. The van der Waals surface area contributed by atoms with Crippen LogP contribution in [0.2, 0.25) is 0 Å². The highest BCUT2D eigenvalue weighted by molar-refractivity contribution is 5.87. The molecule has 0 fully saturated rings. The summed E-state index contributed by atoms with van der Waals surface area (Å²) in [6.45, 7) is 11.7. The molecule has 8 aromatic carbocycles. The topological polar surface area (TPSA) is 3.24 Å². The van der Waals surface area contributed by atoms with Crippen molar-refractivity contribution in [1.29, 1.82) is 0 Å². The van der Waals surface area contributed by atoms with E-state index in [1.165, 1.54) is 83.5 Å². The Bertz CT molecular complexity index is 2920. The van der Waals surface area contributed by atoms with Gasteiger partial charge in [0.15, 0.2) is 0 Å². The van der Waals surface area contributed by atoms with Gasteiger partial charge in [0.25, 0.3) is 0 Å². The van der Waals surface area contributed by atoms with Crippen molar-refractivity contribution in [1.82, 2.24) is 0 Å². The van der Waals surface area contributed by atoms with Crippen LogP contribution in [0, 0.1) is 0 Å². The molecule has 1 unspecified atom stereocenters. The third-order valence-corrected chi connectivity index (χ3v) is 14.3. The lowest BCUT2D eigenvalue weighted by molar-refractivity contribution is 0.600. The highest BCUT2D eigenvalue weighted by Crippen LogP contribution is 2.51. The molecule has 0 aromatic heterocycles. The molecule has 0 amide bonds. The number of rotatable bonds is 7. The van der Waals surface area contributed by atoms with Crippen molar-refractivity contribution in [3.8, 4) is 55.6 Å². The number of anilines is 3. The van der Waals surface area contributed by atoms with Crippen molar-refractivity contribution in [2.24, 2.45) is 0 Å². The van der Waals surface area contributed by atoms with Crippen LogP contribution in [-0.2, 0) is 16.2 Å². The Morgan fingerprint density at radius 3 is 1.15 bits per heavy atom. The molecule has 1 atom stereocenters. The second kappa shape index (κ2) is 14.3. The second-order valence-corrected chi connectivity index (χ2v) is 18.8. The summed E-state index contributed by atoms with van der Waals surface area (Å²) in [4.78, 5) is 2.38. The lowest BCUT2D eigenvalue weighted by Gasteiger charge is -2.27. The third kappa shape index (κ3) is 6.13. The summed E-state index contributed by atoms with van der Waals surface area (Å²) in [6, 6.07) is 68.2. The Morgan fingerprint density at radius 2 is 0.726 bits per heavy atom. The summed E-state index contributed by atoms with van der Waals surface area (Å²) in [7, 11) is 0. The van der Waals surface area contributed by atoms with Gasteiger partial charge >= 0.3 is 0 Å². The van der Waals surface area contributed by atoms with E-state index in [9.17, 15) is 0 Å². The minimum Gasteiger partial charge on any atom is -0.311 e. The first-order chi connectivity index (χ1) is 30.1. The van der Waals surface area contributed by atoms with E-state index in [0.717, 1.165) is 23.5 Å². The quantitative estimate of drug-likeness (QED) is 0.155. The molecule has 1 heteroatoms. The van der Waals surface area contributed by atoms with Crippen LogP contribution in [0.4, 0.5) is 17.1 Å². The van der Waals surface area contributed by atoms with E-state index in [-0.39, 0.29) is 16.2 Å². The van der Waals surface area contributed by atoms with Gasteiger partial charge < -0.3 is 4.90 Å². The fourth-order valence-corrected chi connectivity index (χ4v) is 10.6. The van der Waals surface area contributed by atoms with E-state index in [1.54, 1.807) is 0 Å². The van der Waals surface area contributed by atoms with Gasteiger partial charge in [-0.25, -0.2) is 0 Å². The first-order valence-electron chi connectivity index (χ1n) is 22.1. The Hall–Kier alpha value is -6.96. The molecule has 0 saturated heterocycles. The van der Waals surface area contributed by atoms with Crippen molar-refractivity contribution in [3.05, 3.63) is 234 Å². The second-order valence-electron chi connectivity index (χ2n) is 18.8. The molecule has 0 aliphatic heterocycles. The van der Waals surface area contributed by atoms with Crippen LogP contribution in [0.1, 0.15) is 68.9 Å². The zero-order valence-electron chi connectivity index (χ0n) is 36.3. The number of hydrogen-bond acceptors (Lipinski definition) is 1. The summed E-state index contributed by atoms with van der Waals surface area (Å²) in [5.74, 6) is 0. The van der Waals surface area contributed by atoms with Crippen molar-refractivity contribution in [3.63, 3.8) is 0 Å². The first kappa shape index (κ1) is 38.0. The monoisotopic (exact) mass is 797 g/mol. The predicted octanol–water partition coefficient (Wildman–Crippen LogP) is 16.5. The summed E-state index contributed by atoms with van der Waals surface area (Å²) in [5, 5.41) is 0. The van der Waals surface area contributed by atoms with Crippen LogP contribution in [0.5, 0.6) is 0 Å². The maximum absolute atomic E-state index is 2.41. The normalized spacial score (nSPS) is 17.2. The standard InChI is InChI=1S/C61H51N/c1-59(2)55-15-9-7-13-51(55)53-35-25-45(39-57(53)59)43-21-31-49(32-22-43)62(48-29-19-42(20-30-48)41-17-27-47(28-18-41)61(5)37-11-6-12-38-61)50-33-23-44(24-34-50)46-26-36-54-52-14-8-10-16-56(52)60(3,4)58(54)40-46/h6-37,39-40H,38H2,1-5H3. The summed E-state index contributed by atoms with van der Waals surface area (Å²) >= 11 is 0. The SMILES string of the molecule is CC1(c2ccc(-c3ccc(N(c4ccc(-c5ccc6c(c5)C(C)(C)c5ccccc5-6)cc4)c4ccc(-c5ccc6c(c5)C(C)(C)c5ccccc5-6)cc4)cc3)cc2)C=CC=CC1. The van der Waals surface area contributed by atoms with Gasteiger partial charge in [-0.1, -0.05) is 192 Å². The van der Waals surface area contributed by atoms with Gasteiger partial charge in [-0.3, -0.25) is 0 Å². The molecule has 0 N–H and O–H groups in total. The smallest absolute Gasteiger partial charge is 0.0462 e. The first-order valence-corrected chi connectivity index (χ1v) is 22.1. The van der Waals surface area contributed by atoms with Crippen molar-refractivity contribution in [2.75, 3.05) is 4.90 Å². The molecule has 8 aromatic rings. The highest BCUT2D eigenvalue weighted by atomic mass is 15.1. The maximum atomic E-state index is 2.41. The third-order valence-electron chi connectivity index (χ3n) is 14.3. The molecule has 0 spiro atoms. The molecule has 0 heterocycles. The number of fused-ring (bicyclic) bond motifs is 6. The van der Waals surface area contributed by atoms with E-state index in [4.69, 9.17) is 0 Å². The zero-order chi connectivity index (χ0) is 42.2. The van der Waals surface area contributed by atoms with Crippen LogP contribution in [-0.4, -0.2) is 0 Å². The van der Waals surface area contributed by atoms with E-state index in [0.29, 0.717) is 0 Å². The van der Waals surface area contributed by atoms with Gasteiger partial charge in [0, 0.05) is 33.3 Å². The van der Waals surface area contributed by atoms with Crippen LogP contribution < -0.4 is 4.90 Å². The van der Waals surface area contributed by atoms with Gasteiger partial charge in [-0.05, 0) is 138 Å². The largest absolute Gasteiger partial charge is 0.311 e. The Balaban J connectivity index is 0.932. The molecular weight excluding hydrogens is 747 g/mol. The summed E-state index contributed by atoms with van der Waals surface area (Å²) in [6.07, 6.45) is 9.92. The fourth-order valence-electron chi connectivity index (χ4n) is 10.6. The molecule has 11 rings (SSSR count). The molecular formula is C61H51N. The van der Waals surface area contributed by atoms with Crippen molar-refractivity contribution >= 4 is 17.1 Å². The minimum absolute atomic E-state index is 0.0364. The molecule has 0 saturated carbocycles. The summed E-state index contributed by atoms with van der Waals surface area (Å²) < 4.78 is 0. The van der Waals surface area contributed by atoms with Gasteiger partial charge in [-0.2, -0.15) is 0 Å². The van der Waals surface area contributed by atoms with Gasteiger partial charge in [0.1, 0.15) is 0 Å². The zero-order valence-corrected chi connectivity index (χ0v) is 36.3. The Labute approximate surface area is 367 Å². The van der Waals surface area contributed by atoms with Gasteiger partial charge in [0.05, 0.1) is 0 Å². The fraction of sp³-hybridized carbons (Fsp3) is 0.148. The van der Waals surface area contributed by atoms with Crippen LogP contribution in [0.15, 0.2) is 206 Å². The number of allylic oxidation sites excluding steroid dienone is 4. The van der Waals surface area contributed by atoms with Crippen LogP contribution in [0.3, 0.4) is 0 Å². The molecule has 3 aliphatic carbocycles. The molecule has 300 valence electrons. The van der Waals surface area contributed by atoms with Crippen molar-refractivity contribution in [2.45, 2.75) is 57.3 Å². The molecule has 0 bridgehead atoms. The Kier molecular flexibility index (Phi) is 8.78. The molecule has 62 heavy (non-hydrogen) atoms. The van der Waals surface area contributed by atoms with Crippen LogP contribution in [0.25, 0.3) is 55.6 Å². The predicted molar refractivity (Wildman–Crippen MR) is 263 cm³/mol. The average Bonchev–Trinajstić information content (AvgIpc) is 3.69. The van der Waals surface area contributed by atoms with E-state index in [2.05, 4.69) is 246 Å². The summed E-state index contributed by atoms with van der Waals surface area (Å²) in [5.41, 5.74) is 23.0. The van der Waals surface area contributed by atoms with Crippen molar-refractivity contribution < 1.29 is 0 Å². The van der Waals surface area contributed by atoms with E-state index < -0.39 is 0 Å². The maximum Gasteiger partial charge on any atom is 0.0462 e. The lowest BCUT2D eigenvalue weighted by Crippen LogP contribution is -2.19. The van der Waals surface area contributed by atoms with E-state index in [1.807, 2.05) is 0 Å². The minimum atomic E-state index is -0.0392. The molecule has 0 radical (unpaired) electrons. The van der Waals surface area contributed by atoms with Gasteiger partial charge in [-0.15, -0.1) is 0 Å². The van der Waals surface area contributed by atoms with E-state index >= 15 is 0 Å². The number of hydrogen-bond donors (Lipinski definition) is 0. The van der Waals surface area contributed by atoms with Crippen LogP contribution >= 0.6 is 0 Å². The Morgan fingerprint density at radius 1 is 0.355 bits per heavy atom. The van der Waals surface area contributed by atoms with Gasteiger partial charge in [0.2, 0.25) is 0 Å². The lowest BCUT2D eigenvalue weighted by atomic mass is 9.77. The number of nitrogens with zero attached hydrogens (tertiary/aromatic N) is 1. The number of benzene rings is 8. The molecule has 3 aliphatic rings. The molecule has 1 nitrogen and oxygen atoms in total.